The molecule has 0 fully saturated rings. The van der Waals surface area contributed by atoms with Gasteiger partial charge in [0.25, 0.3) is 10.0 Å². The molecule has 0 atom stereocenters. The highest BCUT2D eigenvalue weighted by atomic mass is 32.2. The van der Waals surface area contributed by atoms with Gasteiger partial charge in [-0.1, -0.05) is 6.07 Å². The van der Waals surface area contributed by atoms with E-state index in [0.717, 1.165) is 18.4 Å². The molecule has 0 aromatic heterocycles. The van der Waals surface area contributed by atoms with Crippen molar-refractivity contribution in [1.29, 1.82) is 0 Å². The highest BCUT2D eigenvalue weighted by Gasteiger charge is 2.19. The van der Waals surface area contributed by atoms with Crippen LogP contribution in [0.15, 0.2) is 34.1 Å². The fourth-order valence-electron chi connectivity index (χ4n) is 1.28. The van der Waals surface area contributed by atoms with Crippen molar-refractivity contribution in [2.75, 3.05) is 6.26 Å². The molecule has 0 amide bonds. The molecule has 1 aromatic rings. The van der Waals surface area contributed by atoms with Gasteiger partial charge in [-0.05, 0) is 23.1 Å². The molecule has 1 rings (SSSR count). The van der Waals surface area contributed by atoms with E-state index in [0.29, 0.717) is 0 Å². The molecule has 9 nitrogen and oxygen atoms in total. The predicted octanol–water partition coefficient (Wildman–Crippen LogP) is -0.309. The number of carboxylic acids is 1. The van der Waals surface area contributed by atoms with Crippen molar-refractivity contribution in [1.82, 2.24) is 4.89 Å². The Kier molecular flexibility index (Phi) is 5.63. The number of carboxylic acid groups (broad SMARTS) is 1. The lowest BCUT2D eigenvalue weighted by molar-refractivity contribution is -0.150. The molecule has 0 saturated heterocycles. The maximum Gasteiger partial charge on any atom is 0.326 e. The summed E-state index contributed by atoms with van der Waals surface area (Å²) >= 11 is 0. The van der Waals surface area contributed by atoms with Gasteiger partial charge in [-0.2, -0.15) is 0 Å². The molecule has 0 heterocycles. The summed E-state index contributed by atoms with van der Waals surface area (Å²) in [6.45, 7) is 0. The fraction of sp³-hybridized carbons (Fsp3) is 0.273. The number of rotatable bonds is 7. The minimum absolute atomic E-state index is 0.215. The van der Waals surface area contributed by atoms with Gasteiger partial charge in [0.15, 0.2) is 9.84 Å². The van der Waals surface area contributed by atoms with Crippen LogP contribution in [0, 0.1) is 0 Å². The summed E-state index contributed by atoms with van der Waals surface area (Å²) in [5, 5.41) is 8.37. The third-order valence-electron chi connectivity index (χ3n) is 2.35. The number of aliphatic carboxylic acids is 1. The van der Waals surface area contributed by atoms with Crippen molar-refractivity contribution in [3.63, 3.8) is 0 Å². The number of hydrogen-bond acceptors (Lipinski definition) is 7. The number of sulfone groups is 1. The van der Waals surface area contributed by atoms with Crippen LogP contribution in [-0.2, 0) is 34.3 Å². The molecule has 0 aliphatic rings. The lowest BCUT2D eigenvalue weighted by Gasteiger charge is -2.07. The quantitative estimate of drug-likeness (QED) is 0.637. The second kappa shape index (κ2) is 6.85. The summed E-state index contributed by atoms with van der Waals surface area (Å²) in [7, 11) is -7.88. The Bertz CT molecular complexity index is 782. The first-order chi connectivity index (χ1) is 10.0. The molecule has 0 aliphatic heterocycles. The summed E-state index contributed by atoms with van der Waals surface area (Å²) in [6, 6.07) is 4.45. The summed E-state index contributed by atoms with van der Waals surface area (Å²) in [4.78, 5) is 26.5. The SMILES string of the molecule is CS(=O)(=O)c1cccc(S(=O)(=O)NOC(=O)CCC(=O)O)c1. The van der Waals surface area contributed by atoms with Crippen molar-refractivity contribution in [3.8, 4) is 0 Å². The Balaban J connectivity index is 2.83. The summed E-state index contributed by atoms with van der Waals surface area (Å²) in [5.41, 5.74) is 0. The second-order valence-corrected chi connectivity index (χ2v) is 7.86. The molecule has 0 bridgehead atoms. The number of nitrogens with one attached hydrogen (secondary N) is 1. The number of sulfonamides is 1. The average Bonchev–Trinajstić information content (AvgIpc) is 2.42. The van der Waals surface area contributed by atoms with E-state index in [1.54, 1.807) is 0 Å². The third-order valence-corrected chi connectivity index (χ3v) is 4.64. The van der Waals surface area contributed by atoms with Crippen LogP contribution in [0.25, 0.3) is 0 Å². The number of carbonyl (C=O) groups is 2. The van der Waals surface area contributed by atoms with E-state index in [2.05, 4.69) is 4.84 Å². The largest absolute Gasteiger partial charge is 0.481 e. The molecule has 0 unspecified atom stereocenters. The first-order valence-corrected chi connectivity index (χ1v) is 9.13. The highest BCUT2D eigenvalue weighted by Crippen LogP contribution is 2.15. The Morgan fingerprint density at radius 3 is 2.27 bits per heavy atom. The van der Waals surface area contributed by atoms with Gasteiger partial charge in [0, 0.05) is 6.26 Å². The van der Waals surface area contributed by atoms with Crippen molar-refractivity contribution in [2.24, 2.45) is 0 Å². The third kappa shape index (κ3) is 5.42. The Morgan fingerprint density at radius 2 is 1.73 bits per heavy atom. The van der Waals surface area contributed by atoms with E-state index in [4.69, 9.17) is 5.11 Å². The molecule has 122 valence electrons. The van der Waals surface area contributed by atoms with Crippen LogP contribution >= 0.6 is 0 Å². The Morgan fingerprint density at radius 1 is 1.14 bits per heavy atom. The van der Waals surface area contributed by atoms with Gasteiger partial charge in [0.2, 0.25) is 0 Å². The van der Waals surface area contributed by atoms with Gasteiger partial charge in [0.05, 0.1) is 22.6 Å². The molecule has 0 saturated carbocycles. The zero-order valence-corrected chi connectivity index (χ0v) is 13.0. The van der Waals surface area contributed by atoms with E-state index >= 15 is 0 Å². The van der Waals surface area contributed by atoms with E-state index in [1.807, 2.05) is 0 Å². The molecule has 11 heteroatoms. The second-order valence-electron chi connectivity index (χ2n) is 4.20. The van der Waals surface area contributed by atoms with Crippen LogP contribution in [0.1, 0.15) is 12.8 Å². The average molecular weight is 351 g/mol. The molecule has 1 aromatic carbocycles. The standard InChI is InChI=1S/C11H13NO8S2/c1-21(16,17)8-3-2-4-9(7-8)22(18,19)12-20-11(15)6-5-10(13)14/h2-4,7,12H,5-6H2,1H3,(H,13,14). The number of benzene rings is 1. The molecule has 22 heavy (non-hydrogen) atoms. The molecule has 0 spiro atoms. The maximum absolute atomic E-state index is 11.9. The predicted molar refractivity (Wildman–Crippen MR) is 72.8 cm³/mol. The van der Waals surface area contributed by atoms with Gasteiger partial charge in [-0.25, -0.2) is 16.8 Å². The maximum atomic E-state index is 11.9. The minimum atomic E-state index is -4.28. The number of hydrogen-bond donors (Lipinski definition) is 2. The van der Waals surface area contributed by atoms with Crippen LogP contribution in [0.3, 0.4) is 0 Å². The van der Waals surface area contributed by atoms with Crippen molar-refractivity contribution in [3.05, 3.63) is 24.3 Å². The normalized spacial score (nSPS) is 11.9. The molecule has 2 N–H and O–H groups in total. The van der Waals surface area contributed by atoms with Gasteiger partial charge in [0.1, 0.15) is 0 Å². The van der Waals surface area contributed by atoms with Crippen molar-refractivity contribution in [2.45, 2.75) is 22.6 Å². The smallest absolute Gasteiger partial charge is 0.326 e. The topological polar surface area (TPSA) is 144 Å². The zero-order chi connectivity index (χ0) is 17.0. The zero-order valence-electron chi connectivity index (χ0n) is 11.3. The first-order valence-electron chi connectivity index (χ1n) is 5.76. The van der Waals surface area contributed by atoms with Gasteiger partial charge in [-0.3, -0.25) is 9.59 Å². The number of carbonyl (C=O) groups excluding carboxylic acids is 1. The van der Waals surface area contributed by atoms with Gasteiger partial charge >= 0.3 is 11.9 Å². The van der Waals surface area contributed by atoms with E-state index in [-0.39, 0.29) is 4.90 Å². The van der Waals surface area contributed by atoms with Crippen molar-refractivity contribution < 1.29 is 36.4 Å². The Labute approximate surface area is 126 Å². The van der Waals surface area contributed by atoms with Crippen LogP contribution in [0.2, 0.25) is 0 Å². The molecular weight excluding hydrogens is 338 g/mol. The van der Waals surface area contributed by atoms with Crippen LogP contribution in [-0.4, -0.2) is 40.1 Å². The van der Waals surface area contributed by atoms with Gasteiger partial charge < -0.3 is 9.94 Å². The van der Waals surface area contributed by atoms with Crippen LogP contribution in [0.5, 0.6) is 0 Å². The van der Waals surface area contributed by atoms with E-state index in [9.17, 15) is 26.4 Å². The van der Waals surface area contributed by atoms with Crippen molar-refractivity contribution >= 4 is 31.8 Å². The lowest BCUT2D eigenvalue weighted by Crippen LogP contribution is -2.27. The van der Waals surface area contributed by atoms with Crippen LogP contribution < -0.4 is 4.89 Å². The summed E-state index contributed by atoms with van der Waals surface area (Å²) in [5.74, 6) is -2.31. The van der Waals surface area contributed by atoms with Crippen LogP contribution in [0.4, 0.5) is 0 Å². The summed E-state index contributed by atoms with van der Waals surface area (Å²) in [6.07, 6.45) is -0.108. The minimum Gasteiger partial charge on any atom is -0.481 e. The Hall–Kier alpha value is -1.98. The van der Waals surface area contributed by atoms with E-state index in [1.165, 1.54) is 17.0 Å². The lowest BCUT2D eigenvalue weighted by atomic mass is 10.3. The molecular formula is C11H13NO8S2. The highest BCUT2D eigenvalue weighted by molar-refractivity contribution is 7.91. The first kappa shape index (κ1) is 18.1. The fourth-order valence-corrected chi connectivity index (χ4v) is 2.86. The monoisotopic (exact) mass is 351 g/mol. The van der Waals surface area contributed by atoms with E-state index < -0.39 is 49.5 Å². The molecule has 0 radical (unpaired) electrons. The molecule has 0 aliphatic carbocycles. The van der Waals surface area contributed by atoms with Gasteiger partial charge in [-0.15, -0.1) is 0 Å². The summed E-state index contributed by atoms with van der Waals surface area (Å²) < 4.78 is 46.5.